The summed E-state index contributed by atoms with van der Waals surface area (Å²) in [5, 5.41) is 10.7. The lowest BCUT2D eigenvalue weighted by atomic mass is 9.87. The molecule has 0 aliphatic heterocycles. The topological polar surface area (TPSA) is 38.7 Å². The Morgan fingerprint density at radius 3 is 2.08 bits per heavy atom. The Balaban J connectivity index is 2.64. The molecule has 0 saturated heterocycles. The van der Waals surface area contributed by atoms with Gasteiger partial charge >= 0.3 is 0 Å². The summed E-state index contributed by atoms with van der Waals surface area (Å²) in [6.45, 7) is 7.87. The van der Waals surface area contributed by atoms with Crippen molar-refractivity contribution in [3.05, 3.63) is 47.0 Å². The van der Waals surface area contributed by atoms with Crippen molar-refractivity contribution in [3.8, 4) is 22.6 Å². The maximum Gasteiger partial charge on any atom is 0.130 e. The Bertz CT molecular complexity index is 717. The predicted molar refractivity (Wildman–Crippen MR) is 108 cm³/mol. The average Bonchev–Trinajstić information content (AvgIpc) is 2.59. The molecule has 0 spiro atoms. The van der Waals surface area contributed by atoms with Crippen LogP contribution in [0.4, 0.5) is 0 Å². The van der Waals surface area contributed by atoms with Crippen molar-refractivity contribution in [1.82, 2.24) is 0 Å². The van der Waals surface area contributed by atoms with E-state index >= 15 is 0 Å². The van der Waals surface area contributed by atoms with Gasteiger partial charge in [-0.15, -0.1) is 0 Å². The lowest BCUT2D eigenvalue weighted by molar-refractivity contribution is 0.0792. The minimum atomic E-state index is -0.959. The summed E-state index contributed by atoms with van der Waals surface area (Å²) in [5.41, 5.74) is 4.09. The largest absolute Gasteiger partial charge is 0.496 e. The van der Waals surface area contributed by atoms with E-state index in [1.165, 1.54) is 18.4 Å². The van der Waals surface area contributed by atoms with E-state index in [0.717, 1.165) is 46.6 Å². The molecular formula is C23H32O3. The summed E-state index contributed by atoms with van der Waals surface area (Å²) < 4.78 is 11.5. The fourth-order valence-corrected chi connectivity index (χ4v) is 3.35. The number of aryl methyl sites for hydroxylation is 2. The summed E-state index contributed by atoms with van der Waals surface area (Å²) in [5.74, 6) is 1.57. The first-order chi connectivity index (χ1) is 12.3. The van der Waals surface area contributed by atoms with E-state index < -0.39 is 5.60 Å². The monoisotopic (exact) mass is 356 g/mol. The lowest BCUT2D eigenvalue weighted by Gasteiger charge is -2.24. The SMILES string of the molecule is CCCCCc1cc(OC)c(-c2cc(C)ccc2C(C)(C)O)c(OC)c1. The van der Waals surface area contributed by atoms with Gasteiger partial charge in [0.2, 0.25) is 0 Å². The molecule has 0 fully saturated rings. The van der Waals surface area contributed by atoms with Crippen molar-refractivity contribution in [1.29, 1.82) is 0 Å². The number of benzene rings is 2. The van der Waals surface area contributed by atoms with Crippen molar-refractivity contribution < 1.29 is 14.6 Å². The van der Waals surface area contributed by atoms with Gasteiger partial charge in [-0.05, 0) is 62.4 Å². The normalized spacial score (nSPS) is 11.5. The molecule has 0 bridgehead atoms. The summed E-state index contributed by atoms with van der Waals surface area (Å²) in [7, 11) is 3.38. The fourth-order valence-electron chi connectivity index (χ4n) is 3.35. The molecule has 0 aromatic heterocycles. The second-order valence-electron chi connectivity index (χ2n) is 7.44. The smallest absolute Gasteiger partial charge is 0.130 e. The third kappa shape index (κ3) is 4.59. The fraction of sp³-hybridized carbons (Fsp3) is 0.478. The molecule has 0 saturated carbocycles. The maximum absolute atomic E-state index is 10.7. The molecule has 2 rings (SSSR count). The highest BCUT2D eigenvalue weighted by molar-refractivity contribution is 5.81. The number of unbranched alkanes of at least 4 members (excludes halogenated alkanes) is 2. The highest BCUT2D eigenvalue weighted by atomic mass is 16.5. The minimum Gasteiger partial charge on any atom is -0.496 e. The summed E-state index contributed by atoms with van der Waals surface area (Å²) >= 11 is 0. The standard InChI is InChI=1S/C23H32O3/c1-7-8-9-10-17-14-20(25-5)22(21(15-17)26-6)18-13-16(2)11-12-19(18)23(3,4)24/h11-15,24H,7-10H2,1-6H3. The summed E-state index contributed by atoms with van der Waals surface area (Å²) in [4.78, 5) is 0. The molecule has 26 heavy (non-hydrogen) atoms. The van der Waals surface area contributed by atoms with E-state index in [-0.39, 0.29) is 0 Å². The van der Waals surface area contributed by atoms with Crippen LogP contribution < -0.4 is 9.47 Å². The molecule has 0 radical (unpaired) electrons. The third-order valence-electron chi connectivity index (χ3n) is 4.74. The van der Waals surface area contributed by atoms with E-state index in [2.05, 4.69) is 32.0 Å². The van der Waals surface area contributed by atoms with Crippen molar-refractivity contribution in [2.24, 2.45) is 0 Å². The van der Waals surface area contributed by atoms with Crippen LogP contribution in [0.15, 0.2) is 30.3 Å². The molecular weight excluding hydrogens is 324 g/mol. The zero-order valence-corrected chi connectivity index (χ0v) is 17.0. The predicted octanol–water partition coefficient (Wildman–Crippen LogP) is 5.64. The first-order valence-corrected chi connectivity index (χ1v) is 9.40. The van der Waals surface area contributed by atoms with Crippen LogP contribution in [0.25, 0.3) is 11.1 Å². The molecule has 0 heterocycles. The lowest BCUT2D eigenvalue weighted by Crippen LogP contribution is -2.17. The zero-order chi connectivity index (χ0) is 19.3. The Hall–Kier alpha value is -2.00. The number of hydrogen-bond acceptors (Lipinski definition) is 3. The number of hydrogen-bond donors (Lipinski definition) is 1. The van der Waals surface area contributed by atoms with Crippen molar-refractivity contribution in [2.45, 2.75) is 59.0 Å². The van der Waals surface area contributed by atoms with Gasteiger partial charge in [0.1, 0.15) is 11.5 Å². The van der Waals surface area contributed by atoms with Crippen molar-refractivity contribution in [3.63, 3.8) is 0 Å². The number of rotatable bonds is 8. The molecule has 3 nitrogen and oxygen atoms in total. The van der Waals surface area contributed by atoms with Crippen molar-refractivity contribution >= 4 is 0 Å². The summed E-state index contributed by atoms with van der Waals surface area (Å²) in [6.07, 6.45) is 4.58. The van der Waals surface area contributed by atoms with Gasteiger partial charge in [-0.2, -0.15) is 0 Å². The Kier molecular flexibility index (Phi) is 6.71. The number of aliphatic hydroxyl groups is 1. The van der Waals surface area contributed by atoms with Crippen LogP contribution in [0.2, 0.25) is 0 Å². The van der Waals surface area contributed by atoms with Crippen LogP contribution in [-0.4, -0.2) is 19.3 Å². The van der Waals surface area contributed by atoms with Crippen LogP contribution in [-0.2, 0) is 12.0 Å². The Morgan fingerprint density at radius 2 is 1.58 bits per heavy atom. The minimum absolute atomic E-state index is 0.784. The number of methoxy groups -OCH3 is 2. The van der Waals surface area contributed by atoms with E-state index in [4.69, 9.17) is 9.47 Å². The van der Waals surface area contributed by atoms with Crippen molar-refractivity contribution in [2.75, 3.05) is 14.2 Å². The molecule has 0 aliphatic rings. The number of ether oxygens (including phenoxy) is 2. The van der Waals surface area contributed by atoms with Crippen LogP contribution in [0.5, 0.6) is 11.5 Å². The molecule has 2 aromatic rings. The maximum atomic E-state index is 10.7. The zero-order valence-electron chi connectivity index (χ0n) is 17.0. The third-order valence-corrected chi connectivity index (χ3v) is 4.74. The molecule has 2 aromatic carbocycles. The molecule has 0 unspecified atom stereocenters. The molecule has 1 N–H and O–H groups in total. The molecule has 0 atom stereocenters. The van der Waals surface area contributed by atoms with E-state index in [1.54, 1.807) is 28.1 Å². The Morgan fingerprint density at radius 1 is 0.962 bits per heavy atom. The highest BCUT2D eigenvalue weighted by Gasteiger charge is 2.25. The molecule has 3 heteroatoms. The molecule has 142 valence electrons. The van der Waals surface area contributed by atoms with Crippen LogP contribution in [0, 0.1) is 6.92 Å². The highest BCUT2D eigenvalue weighted by Crippen LogP contribution is 2.44. The second-order valence-corrected chi connectivity index (χ2v) is 7.44. The first-order valence-electron chi connectivity index (χ1n) is 9.40. The molecule has 0 aliphatic carbocycles. The quantitative estimate of drug-likeness (QED) is 0.622. The van der Waals surface area contributed by atoms with Crippen LogP contribution in [0.1, 0.15) is 56.7 Å². The van der Waals surface area contributed by atoms with Crippen LogP contribution in [0.3, 0.4) is 0 Å². The first kappa shape index (κ1) is 20.3. The Labute approximate surface area is 158 Å². The van der Waals surface area contributed by atoms with Gasteiger partial charge in [0, 0.05) is 0 Å². The van der Waals surface area contributed by atoms with Crippen LogP contribution >= 0.6 is 0 Å². The van der Waals surface area contributed by atoms with Gasteiger partial charge in [-0.25, -0.2) is 0 Å². The molecule has 0 amide bonds. The van der Waals surface area contributed by atoms with Gasteiger partial charge < -0.3 is 14.6 Å². The van der Waals surface area contributed by atoms with Gasteiger partial charge in [-0.3, -0.25) is 0 Å². The van der Waals surface area contributed by atoms with E-state index in [0.29, 0.717) is 0 Å². The van der Waals surface area contributed by atoms with Gasteiger partial charge in [-0.1, -0.05) is 43.5 Å². The summed E-state index contributed by atoms with van der Waals surface area (Å²) in [6, 6.07) is 10.3. The second kappa shape index (κ2) is 8.59. The van der Waals surface area contributed by atoms with Gasteiger partial charge in [0.15, 0.2) is 0 Å². The van der Waals surface area contributed by atoms with E-state index in [1.807, 2.05) is 12.1 Å². The van der Waals surface area contributed by atoms with Gasteiger partial charge in [0.05, 0.1) is 25.4 Å². The average molecular weight is 357 g/mol. The van der Waals surface area contributed by atoms with E-state index in [9.17, 15) is 5.11 Å². The van der Waals surface area contributed by atoms with Gasteiger partial charge in [0.25, 0.3) is 0 Å².